The molecule has 6 nitrogen and oxygen atoms in total. The summed E-state index contributed by atoms with van der Waals surface area (Å²) in [5.74, 6) is -0.827. The quantitative estimate of drug-likeness (QED) is 0.840. The highest BCUT2D eigenvalue weighted by molar-refractivity contribution is 5.93. The smallest absolute Gasteiger partial charge is 0.315 e. The second kappa shape index (κ2) is 7.09. The van der Waals surface area contributed by atoms with Crippen molar-refractivity contribution in [3.63, 3.8) is 0 Å². The van der Waals surface area contributed by atoms with E-state index in [1.54, 1.807) is 37.3 Å². The molecule has 0 saturated heterocycles. The molecule has 1 atom stereocenters. The lowest BCUT2D eigenvalue weighted by Crippen LogP contribution is -2.46. The number of carbonyl (C=O) groups is 2. The molecule has 2 N–H and O–H groups in total. The average Bonchev–Trinajstić information content (AvgIpc) is 3.07. The summed E-state index contributed by atoms with van der Waals surface area (Å²) in [4.78, 5) is 24.3. The van der Waals surface area contributed by atoms with Gasteiger partial charge < -0.3 is 14.9 Å². The molecule has 0 fully saturated rings. The maximum Gasteiger partial charge on any atom is 0.315 e. The SMILES string of the molecule is CCC(CNC(=O)c1cc(C(C)(C)C)on1)(C(=O)O)c1ccccc1. The Labute approximate surface area is 147 Å². The van der Waals surface area contributed by atoms with E-state index in [1.807, 2.05) is 26.8 Å². The molecule has 134 valence electrons. The first-order chi connectivity index (χ1) is 11.7. The maximum atomic E-state index is 12.4. The number of amides is 1. The number of carboxylic acid groups (broad SMARTS) is 1. The van der Waals surface area contributed by atoms with Crippen molar-refractivity contribution < 1.29 is 19.2 Å². The van der Waals surface area contributed by atoms with Crippen LogP contribution in [-0.4, -0.2) is 28.7 Å². The van der Waals surface area contributed by atoms with Crippen molar-refractivity contribution in [2.24, 2.45) is 0 Å². The highest BCUT2D eigenvalue weighted by Crippen LogP contribution is 2.28. The van der Waals surface area contributed by atoms with Gasteiger partial charge in [0.1, 0.15) is 11.2 Å². The monoisotopic (exact) mass is 344 g/mol. The van der Waals surface area contributed by atoms with E-state index in [0.717, 1.165) is 0 Å². The third-order valence-corrected chi connectivity index (χ3v) is 4.37. The average molecular weight is 344 g/mol. The van der Waals surface area contributed by atoms with Gasteiger partial charge in [-0.1, -0.05) is 63.2 Å². The van der Waals surface area contributed by atoms with Crippen LogP contribution in [0.15, 0.2) is 40.9 Å². The first-order valence-electron chi connectivity index (χ1n) is 8.25. The Kier molecular flexibility index (Phi) is 5.30. The van der Waals surface area contributed by atoms with Crippen LogP contribution in [0.25, 0.3) is 0 Å². The molecule has 1 unspecified atom stereocenters. The molecule has 0 spiro atoms. The van der Waals surface area contributed by atoms with E-state index in [1.165, 1.54) is 0 Å². The van der Waals surface area contributed by atoms with Crippen LogP contribution < -0.4 is 5.32 Å². The van der Waals surface area contributed by atoms with Gasteiger partial charge in [-0.05, 0) is 12.0 Å². The zero-order valence-corrected chi connectivity index (χ0v) is 15.0. The van der Waals surface area contributed by atoms with E-state index in [9.17, 15) is 14.7 Å². The summed E-state index contributed by atoms with van der Waals surface area (Å²) in [5, 5.41) is 16.3. The van der Waals surface area contributed by atoms with Crippen LogP contribution in [0.5, 0.6) is 0 Å². The summed E-state index contributed by atoms with van der Waals surface area (Å²) in [5.41, 5.74) is -0.647. The van der Waals surface area contributed by atoms with Crippen LogP contribution in [0.2, 0.25) is 0 Å². The molecule has 1 aromatic carbocycles. The number of benzene rings is 1. The Morgan fingerprint density at radius 1 is 1.20 bits per heavy atom. The molecule has 2 rings (SSSR count). The summed E-state index contributed by atoms with van der Waals surface area (Å²) in [6.07, 6.45) is 0.346. The lowest BCUT2D eigenvalue weighted by Gasteiger charge is -2.28. The van der Waals surface area contributed by atoms with Crippen molar-refractivity contribution in [3.05, 3.63) is 53.4 Å². The molecular weight excluding hydrogens is 320 g/mol. The molecule has 0 saturated carbocycles. The Bertz CT molecular complexity index is 746. The fraction of sp³-hybridized carbons (Fsp3) is 0.421. The lowest BCUT2D eigenvalue weighted by molar-refractivity contribution is -0.143. The normalized spacial score (nSPS) is 13.9. The van der Waals surface area contributed by atoms with Crippen LogP contribution in [0.3, 0.4) is 0 Å². The van der Waals surface area contributed by atoms with Crippen LogP contribution in [0.4, 0.5) is 0 Å². The van der Waals surface area contributed by atoms with E-state index in [0.29, 0.717) is 17.7 Å². The van der Waals surface area contributed by atoms with E-state index >= 15 is 0 Å². The van der Waals surface area contributed by atoms with Crippen molar-refractivity contribution in [2.45, 2.75) is 44.9 Å². The van der Waals surface area contributed by atoms with Gasteiger partial charge in [0.15, 0.2) is 5.69 Å². The summed E-state index contributed by atoms with van der Waals surface area (Å²) in [6, 6.07) is 10.5. The molecule has 6 heteroatoms. The minimum absolute atomic E-state index is 0.0284. The van der Waals surface area contributed by atoms with Crippen LogP contribution >= 0.6 is 0 Å². The number of hydrogen-bond acceptors (Lipinski definition) is 4. The molecule has 0 radical (unpaired) electrons. The largest absolute Gasteiger partial charge is 0.481 e. The lowest BCUT2D eigenvalue weighted by atomic mass is 9.78. The van der Waals surface area contributed by atoms with Crippen molar-refractivity contribution in [1.82, 2.24) is 10.5 Å². The van der Waals surface area contributed by atoms with Crippen LogP contribution in [0, 0.1) is 0 Å². The fourth-order valence-corrected chi connectivity index (χ4v) is 2.60. The van der Waals surface area contributed by atoms with Crippen molar-refractivity contribution in [2.75, 3.05) is 6.54 Å². The summed E-state index contributed by atoms with van der Waals surface area (Å²) in [6.45, 7) is 7.63. The van der Waals surface area contributed by atoms with E-state index in [2.05, 4.69) is 10.5 Å². The summed E-state index contributed by atoms with van der Waals surface area (Å²) in [7, 11) is 0. The number of carbonyl (C=O) groups excluding carboxylic acids is 1. The standard InChI is InChI=1S/C19H24N2O4/c1-5-19(17(23)24,13-9-7-6-8-10-13)12-20-16(22)14-11-15(25-21-14)18(2,3)4/h6-11H,5,12H2,1-4H3,(H,20,22)(H,23,24). The number of nitrogens with one attached hydrogen (secondary N) is 1. The third-order valence-electron chi connectivity index (χ3n) is 4.37. The third kappa shape index (κ3) is 3.90. The maximum absolute atomic E-state index is 12.4. The minimum atomic E-state index is -1.19. The van der Waals surface area contributed by atoms with Crippen LogP contribution in [-0.2, 0) is 15.6 Å². The molecule has 0 bridgehead atoms. The highest BCUT2D eigenvalue weighted by Gasteiger charge is 2.39. The predicted molar refractivity (Wildman–Crippen MR) is 93.6 cm³/mol. The second-order valence-electron chi connectivity index (χ2n) is 7.12. The van der Waals surface area contributed by atoms with Gasteiger partial charge >= 0.3 is 5.97 Å². The van der Waals surface area contributed by atoms with Gasteiger partial charge in [0, 0.05) is 18.0 Å². The molecular formula is C19H24N2O4. The van der Waals surface area contributed by atoms with Gasteiger partial charge in [-0.2, -0.15) is 0 Å². The molecule has 0 aliphatic heterocycles. The zero-order chi connectivity index (χ0) is 18.7. The molecule has 1 aromatic heterocycles. The fourth-order valence-electron chi connectivity index (χ4n) is 2.60. The van der Waals surface area contributed by atoms with Gasteiger partial charge in [0.25, 0.3) is 5.91 Å². The van der Waals surface area contributed by atoms with Gasteiger partial charge in [0.2, 0.25) is 0 Å². The van der Waals surface area contributed by atoms with E-state index in [-0.39, 0.29) is 17.7 Å². The Morgan fingerprint density at radius 3 is 2.32 bits per heavy atom. The summed E-state index contributed by atoms with van der Waals surface area (Å²) >= 11 is 0. The molecule has 2 aromatic rings. The van der Waals surface area contributed by atoms with Crippen molar-refractivity contribution >= 4 is 11.9 Å². The number of rotatable bonds is 6. The highest BCUT2D eigenvalue weighted by atomic mass is 16.5. The number of nitrogens with zero attached hydrogens (tertiary/aromatic N) is 1. The number of aliphatic carboxylic acids is 1. The second-order valence-corrected chi connectivity index (χ2v) is 7.12. The number of aromatic nitrogens is 1. The minimum Gasteiger partial charge on any atom is -0.481 e. The Balaban J connectivity index is 2.20. The predicted octanol–water partition coefficient (Wildman–Crippen LogP) is 3.13. The van der Waals surface area contributed by atoms with E-state index < -0.39 is 17.3 Å². The number of hydrogen-bond donors (Lipinski definition) is 2. The van der Waals surface area contributed by atoms with Gasteiger partial charge in [-0.25, -0.2) is 0 Å². The van der Waals surface area contributed by atoms with Gasteiger partial charge in [-0.15, -0.1) is 0 Å². The Hall–Kier alpha value is -2.63. The zero-order valence-electron chi connectivity index (χ0n) is 15.0. The molecule has 25 heavy (non-hydrogen) atoms. The van der Waals surface area contributed by atoms with Crippen molar-refractivity contribution in [3.8, 4) is 0 Å². The molecule has 0 aliphatic rings. The number of carboxylic acids is 1. The van der Waals surface area contributed by atoms with Gasteiger partial charge in [0.05, 0.1) is 0 Å². The topological polar surface area (TPSA) is 92.4 Å². The summed E-state index contributed by atoms with van der Waals surface area (Å²) < 4.78 is 5.21. The molecule has 1 heterocycles. The molecule has 0 aliphatic carbocycles. The Morgan fingerprint density at radius 2 is 1.84 bits per heavy atom. The van der Waals surface area contributed by atoms with Crippen LogP contribution in [0.1, 0.15) is 55.9 Å². The first-order valence-corrected chi connectivity index (χ1v) is 8.25. The van der Waals surface area contributed by atoms with Crippen molar-refractivity contribution in [1.29, 1.82) is 0 Å². The van der Waals surface area contributed by atoms with Gasteiger partial charge in [-0.3, -0.25) is 9.59 Å². The molecule has 1 amide bonds. The first kappa shape index (κ1) is 18.7. The van der Waals surface area contributed by atoms with E-state index in [4.69, 9.17) is 4.52 Å².